The highest BCUT2D eigenvalue weighted by molar-refractivity contribution is 6.30. The summed E-state index contributed by atoms with van der Waals surface area (Å²) in [6.45, 7) is 0.819. The van der Waals surface area contributed by atoms with E-state index in [4.69, 9.17) is 11.6 Å². The topological polar surface area (TPSA) is 29.9 Å². The number of hydrogen-bond donors (Lipinski definition) is 1. The fraction of sp³-hybridized carbons (Fsp3) is 0.308. The van der Waals surface area contributed by atoms with Gasteiger partial charge in [-0.2, -0.15) is 0 Å². The number of halogens is 2. The van der Waals surface area contributed by atoms with Crippen molar-refractivity contribution < 1.29 is 4.39 Å². The van der Waals surface area contributed by atoms with Gasteiger partial charge in [-0.3, -0.25) is 0 Å². The molecule has 18 heavy (non-hydrogen) atoms. The molecule has 0 amide bonds. The molecule has 0 aliphatic carbocycles. The van der Waals surface area contributed by atoms with Gasteiger partial charge in [0.25, 0.3) is 0 Å². The Morgan fingerprint density at radius 2 is 2.00 bits per heavy atom. The fourth-order valence-electron chi connectivity index (χ4n) is 1.80. The van der Waals surface area contributed by atoms with Crippen molar-refractivity contribution in [3.8, 4) is 11.4 Å². The van der Waals surface area contributed by atoms with Gasteiger partial charge >= 0.3 is 0 Å². The van der Waals surface area contributed by atoms with Crippen molar-refractivity contribution in [2.24, 2.45) is 7.05 Å². The molecule has 2 aromatic rings. The van der Waals surface area contributed by atoms with E-state index in [2.05, 4.69) is 10.3 Å². The van der Waals surface area contributed by atoms with E-state index in [1.165, 1.54) is 12.1 Å². The second-order valence-corrected chi connectivity index (χ2v) is 4.45. The maximum Gasteiger partial charge on any atom is 0.141 e. The van der Waals surface area contributed by atoms with Crippen LogP contribution in [-0.2, 0) is 13.5 Å². The molecule has 1 aromatic carbocycles. The first-order chi connectivity index (χ1) is 8.63. The average molecular weight is 268 g/mol. The lowest BCUT2D eigenvalue weighted by molar-refractivity contribution is 0.628. The molecule has 0 saturated heterocycles. The van der Waals surface area contributed by atoms with Crippen LogP contribution < -0.4 is 5.32 Å². The second kappa shape index (κ2) is 5.50. The molecule has 1 aromatic heterocycles. The van der Waals surface area contributed by atoms with Gasteiger partial charge in [0.1, 0.15) is 16.8 Å². The summed E-state index contributed by atoms with van der Waals surface area (Å²) in [6, 6.07) is 6.25. The number of imidazole rings is 1. The molecular weight excluding hydrogens is 253 g/mol. The molecule has 96 valence electrons. The van der Waals surface area contributed by atoms with Crippen molar-refractivity contribution in [3.63, 3.8) is 0 Å². The molecule has 0 aliphatic rings. The van der Waals surface area contributed by atoms with Crippen LogP contribution >= 0.6 is 11.6 Å². The molecule has 0 bridgehead atoms. The van der Waals surface area contributed by atoms with E-state index in [1.807, 2.05) is 18.7 Å². The zero-order valence-electron chi connectivity index (χ0n) is 10.4. The Labute approximate surface area is 111 Å². The molecule has 0 fully saturated rings. The van der Waals surface area contributed by atoms with Gasteiger partial charge in [0.15, 0.2) is 0 Å². The van der Waals surface area contributed by atoms with Gasteiger partial charge in [0.2, 0.25) is 0 Å². The highest BCUT2D eigenvalue weighted by atomic mass is 35.5. The molecule has 0 unspecified atom stereocenters. The summed E-state index contributed by atoms with van der Waals surface area (Å²) in [5.41, 5.74) is 1.71. The Hall–Kier alpha value is -1.39. The molecule has 0 radical (unpaired) electrons. The highest BCUT2D eigenvalue weighted by Gasteiger charge is 2.13. The third-order valence-electron chi connectivity index (χ3n) is 2.81. The number of rotatable bonds is 4. The molecule has 1 heterocycles. The number of benzene rings is 1. The summed E-state index contributed by atoms with van der Waals surface area (Å²) in [4.78, 5) is 4.52. The average Bonchev–Trinajstić information content (AvgIpc) is 2.65. The normalized spacial score (nSPS) is 10.9. The summed E-state index contributed by atoms with van der Waals surface area (Å²) < 4.78 is 14.7. The molecule has 3 nitrogen and oxygen atoms in total. The monoisotopic (exact) mass is 267 g/mol. The van der Waals surface area contributed by atoms with E-state index in [0.717, 1.165) is 30.0 Å². The van der Waals surface area contributed by atoms with Crippen molar-refractivity contribution in [1.82, 2.24) is 14.9 Å². The maximum absolute atomic E-state index is 12.9. The molecule has 0 aliphatic heterocycles. The summed E-state index contributed by atoms with van der Waals surface area (Å²) in [6.07, 6.45) is 0.768. The lowest BCUT2D eigenvalue weighted by atomic mass is 10.2. The van der Waals surface area contributed by atoms with Crippen LogP contribution in [0.5, 0.6) is 0 Å². The number of nitrogens with zero attached hydrogens (tertiary/aromatic N) is 2. The minimum atomic E-state index is -0.255. The van der Waals surface area contributed by atoms with Crippen molar-refractivity contribution in [3.05, 3.63) is 40.9 Å². The summed E-state index contributed by atoms with van der Waals surface area (Å²) in [5.74, 6) is 0.501. The third kappa shape index (κ3) is 2.54. The molecule has 0 saturated carbocycles. The van der Waals surface area contributed by atoms with Crippen LogP contribution in [-0.4, -0.2) is 23.1 Å². The summed E-state index contributed by atoms with van der Waals surface area (Å²) >= 11 is 6.23. The van der Waals surface area contributed by atoms with Crippen molar-refractivity contribution in [1.29, 1.82) is 0 Å². The molecular formula is C13H15ClFN3. The van der Waals surface area contributed by atoms with Crippen LogP contribution in [0.3, 0.4) is 0 Å². The Balaban J connectivity index is 2.36. The van der Waals surface area contributed by atoms with Crippen LogP contribution in [0.1, 0.15) is 5.69 Å². The lowest BCUT2D eigenvalue weighted by Crippen LogP contribution is -2.10. The van der Waals surface area contributed by atoms with Gasteiger partial charge in [0, 0.05) is 25.6 Å². The Kier molecular flexibility index (Phi) is 3.99. The Morgan fingerprint density at radius 3 is 2.61 bits per heavy atom. The van der Waals surface area contributed by atoms with Gasteiger partial charge in [-0.1, -0.05) is 11.6 Å². The van der Waals surface area contributed by atoms with Crippen LogP contribution in [0.4, 0.5) is 4.39 Å². The lowest BCUT2D eigenvalue weighted by Gasteiger charge is -2.01. The van der Waals surface area contributed by atoms with Gasteiger partial charge in [-0.25, -0.2) is 9.37 Å². The summed E-state index contributed by atoms with van der Waals surface area (Å²) in [5, 5.41) is 3.69. The molecule has 2 rings (SSSR count). The smallest absolute Gasteiger partial charge is 0.141 e. The highest BCUT2D eigenvalue weighted by Crippen LogP contribution is 2.25. The third-order valence-corrected chi connectivity index (χ3v) is 3.28. The number of aromatic nitrogens is 2. The van der Waals surface area contributed by atoms with E-state index in [0.29, 0.717) is 5.15 Å². The van der Waals surface area contributed by atoms with E-state index in [-0.39, 0.29) is 5.82 Å². The second-order valence-electron chi connectivity index (χ2n) is 4.09. The van der Waals surface area contributed by atoms with Gasteiger partial charge in [-0.05, 0) is 31.3 Å². The maximum atomic E-state index is 12.9. The number of likely N-dealkylation sites (N-methyl/N-ethyl adjacent to an activating group) is 1. The largest absolute Gasteiger partial charge is 0.319 e. The standard InChI is InChI=1S/C13H15ClFN3/c1-16-8-7-11-12(14)18(2)13(17-11)9-3-5-10(15)6-4-9/h3-6,16H,7-8H2,1-2H3. The number of hydrogen-bond acceptors (Lipinski definition) is 2. The fourth-order valence-corrected chi connectivity index (χ4v) is 2.01. The SMILES string of the molecule is CNCCc1nc(-c2ccc(F)cc2)n(C)c1Cl. The predicted molar refractivity (Wildman–Crippen MR) is 71.2 cm³/mol. The van der Waals surface area contributed by atoms with Gasteiger partial charge < -0.3 is 9.88 Å². The first-order valence-corrected chi connectivity index (χ1v) is 6.13. The zero-order chi connectivity index (χ0) is 13.1. The molecule has 0 spiro atoms. The summed E-state index contributed by atoms with van der Waals surface area (Å²) in [7, 11) is 3.74. The zero-order valence-corrected chi connectivity index (χ0v) is 11.1. The number of nitrogens with one attached hydrogen (secondary N) is 1. The van der Waals surface area contributed by atoms with Crippen LogP contribution in [0.15, 0.2) is 24.3 Å². The van der Waals surface area contributed by atoms with Gasteiger partial charge in [-0.15, -0.1) is 0 Å². The van der Waals surface area contributed by atoms with E-state index >= 15 is 0 Å². The minimum absolute atomic E-state index is 0.255. The van der Waals surface area contributed by atoms with Gasteiger partial charge in [0.05, 0.1) is 5.69 Å². The first kappa shape index (κ1) is 13.1. The van der Waals surface area contributed by atoms with Crippen molar-refractivity contribution in [2.75, 3.05) is 13.6 Å². The van der Waals surface area contributed by atoms with E-state index in [9.17, 15) is 4.39 Å². The van der Waals surface area contributed by atoms with E-state index < -0.39 is 0 Å². The minimum Gasteiger partial charge on any atom is -0.319 e. The Bertz CT molecular complexity index is 534. The van der Waals surface area contributed by atoms with Crippen molar-refractivity contribution in [2.45, 2.75) is 6.42 Å². The molecule has 1 N–H and O–H groups in total. The quantitative estimate of drug-likeness (QED) is 0.923. The first-order valence-electron chi connectivity index (χ1n) is 5.75. The van der Waals surface area contributed by atoms with Crippen LogP contribution in [0.2, 0.25) is 5.15 Å². The molecule has 0 atom stereocenters. The molecule has 5 heteroatoms. The van der Waals surface area contributed by atoms with Crippen LogP contribution in [0, 0.1) is 5.82 Å². The van der Waals surface area contributed by atoms with Crippen LogP contribution in [0.25, 0.3) is 11.4 Å². The van der Waals surface area contributed by atoms with Crippen molar-refractivity contribution >= 4 is 11.6 Å². The Morgan fingerprint density at radius 1 is 1.33 bits per heavy atom. The predicted octanol–water partition coefficient (Wildman–Crippen LogP) is 2.64. The van der Waals surface area contributed by atoms with E-state index in [1.54, 1.807) is 12.1 Å².